The van der Waals surface area contributed by atoms with E-state index in [1.165, 1.54) is 0 Å². The van der Waals surface area contributed by atoms with E-state index in [-0.39, 0.29) is 5.91 Å². The lowest BCUT2D eigenvalue weighted by atomic mass is 10.1. The fourth-order valence-corrected chi connectivity index (χ4v) is 2.28. The van der Waals surface area contributed by atoms with Gasteiger partial charge < -0.3 is 11.1 Å². The highest BCUT2D eigenvalue weighted by Gasteiger charge is 2.04. The van der Waals surface area contributed by atoms with Gasteiger partial charge in [0.25, 0.3) is 0 Å². The highest BCUT2D eigenvalue weighted by Crippen LogP contribution is 2.15. The first-order valence-corrected chi connectivity index (χ1v) is 6.75. The summed E-state index contributed by atoms with van der Waals surface area (Å²) in [7, 11) is 0. The van der Waals surface area contributed by atoms with Crippen molar-refractivity contribution in [2.75, 3.05) is 11.1 Å². The number of anilines is 2. The molecule has 0 aromatic heterocycles. The maximum atomic E-state index is 12.0. The largest absolute Gasteiger partial charge is 0.399 e. The Kier molecular flexibility index (Phi) is 4.41. The van der Waals surface area contributed by atoms with Gasteiger partial charge in [-0.05, 0) is 61.2 Å². The number of nitrogen functional groups attached to an aromatic ring is 1. The first-order chi connectivity index (χ1) is 9.52. The van der Waals surface area contributed by atoms with Crippen LogP contribution in [0.25, 0.3) is 0 Å². The summed E-state index contributed by atoms with van der Waals surface area (Å²) in [5.74, 6) is 0.0254. The fourth-order valence-electron chi connectivity index (χ4n) is 2.28. The lowest BCUT2D eigenvalue weighted by molar-refractivity contribution is -0.116. The maximum absolute atomic E-state index is 12.0. The highest BCUT2D eigenvalue weighted by atomic mass is 16.1. The summed E-state index contributed by atoms with van der Waals surface area (Å²) in [4.78, 5) is 12.0. The van der Waals surface area contributed by atoms with Crippen LogP contribution in [0.2, 0.25) is 0 Å². The molecule has 0 aliphatic heterocycles. The molecule has 2 aromatic carbocycles. The van der Waals surface area contributed by atoms with Crippen LogP contribution in [0.15, 0.2) is 42.5 Å². The SMILES string of the molecule is Cc1cc(C)cc(NC(=O)CCc2cccc(N)c2)c1. The summed E-state index contributed by atoms with van der Waals surface area (Å²) in [6, 6.07) is 13.7. The highest BCUT2D eigenvalue weighted by molar-refractivity contribution is 5.91. The smallest absolute Gasteiger partial charge is 0.224 e. The zero-order valence-electron chi connectivity index (χ0n) is 11.9. The number of nitrogens with two attached hydrogens (primary N) is 1. The molecule has 3 N–H and O–H groups in total. The van der Waals surface area contributed by atoms with Crippen LogP contribution in [-0.2, 0) is 11.2 Å². The molecule has 0 saturated carbocycles. The average molecular weight is 268 g/mol. The van der Waals surface area contributed by atoms with Crippen LogP contribution in [0.1, 0.15) is 23.1 Å². The van der Waals surface area contributed by atoms with E-state index >= 15 is 0 Å². The molecule has 3 nitrogen and oxygen atoms in total. The third-order valence-electron chi connectivity index (χ3n) is 3.10. The third-order valence-corrected chi connectivity index (χ3v) is 3.10. The van der Waals surface area contributed by atoms with Gasteiger partial charge in [-0.3, -0.25) is 4.79 Å². The molecular formula is C17H20N2O. The molecule has 0 bridgehead atoms. The number of hydrogen-bond donors (Lipinski definition) is 2. The molecule has 0 spiro atoms. The molecule has 0 atom stereocenters. The second-order valence-corrected chi connectivity index (χ2v) is 5.17. The van der Waals surface area contributed by atoms with Gasteiger partial charge in [0.15, 0.2) is 0 Å². The van der Waals surface area contributed by atoms with Crippen molar-refractivity contribution in [1.82, 2.24) is 0 Å². The van der Waals surface area contributed by atoms with Gasteiger partial charge in [-0.2, -0.15) is 0 Å². The summed E-state index contributed by atoms with van der Waals surface area (Å²) in [6.45, 7) is 4.05. The maximum Gasteiger partial charge on any atom is 0.224 e. The molecule has 3 heteroatoms. The van der Waals surface area contributed by atoms with Crippen molar-refractivity contribution in [2.24, 2.45) is 0 Å². The Morgan fingerprint density at radius 2 is 1.80 bits per heavy atom. The van der Waals surface area contributed by atoms with Crippen molar-refractivity contribution in [3.8, 4) is 0 Å². The first-order valence-electron chi connectivity index (χ1n) is 6.75. The first kappa shape index (κ1) is 14.1. The van der Waals surface area contributed by atoms with Crippen LogP contribution >= 0.6 is 0 Å². The van der Waals surface area contributed by atoms with Gasteiger partial charge in [0, 0.05) is 17.8 Å². The Morgan fingerprint density at radius 1 is 1.10 bits per heavy atom. The molecule has 104 valence electrons. The molecular weight excluding hydrogens is 248 g/mol. The monoisotopic (exact) mass is 268 g/mol. The van der Waals surface area contributed by atoms with Gasteiger partial charge in [-0.1, -0.05) is 18.2 Å². The van der Waals surface area contributed by atoms with Crippen LogP contribution < -0.4 is 11.1 Å². The summed E-state index contributed by atoms with van der Waals surface area (Å²) >= 11 is 0. The quantitative estimate of drug-likeness (QED) is 0.834. The van der Waals surface area contributed by atoms with Crippen LogP contribution in [0, 0.1) is 13.8 Å². The number of nitrogens with one attached hydrogen (secondary N) is 1. The predicted molar refractivity (Wildman–Crippen MR) is 83.7 cm³/mol. The van der Waals surface area contributed by atoms with Gasteiger partial charge >= 0.3 is 0 Å². The second-order valence-electron chi connectivity index (χ2n) is 5.17. The van der Waals surface area contributed by atoms with E-state index in [0.717, 1.165) is 28.1 Å². The van der Waals surface area contributed by atoms with Crippen LogP contribution in [0.4, 0.5) is 11.4 Å². The van der Waals surface area contributed by atoms with E-state index in [2.05, 4.69) is 11.4 Å². The van der Waals surface area contributed by atoms with E-state index in [4.69, 9.17) is 5.73 Å². The van der Waals surface area contributed by atoms with E-state index in [0.29, 0.717) is 12.8 Å². The minimum absolute atomic E-state index is 0.0254. The number of hydrogen-bond acceptors (Lipinski definition) is 2. The van der Waals surface area contributed by atoms with E-state index in [1.807, 2.05) is 50.2 Å². The summed E-state index contributed by atoms with van der Waals surface area (Å²) < 4.78 is 0. The molecule has 0 heterocycles. The number of carbonyl (C=O) groups excluding carboxylic acids is 1. The summed E-state index contributed by atoms with van der Waals surface area (Å²) in [5, 5.41) is 2.94. The Bertz CT molecular complexity index is 600. The van der Waals surface area contributed by atoms with E-state index < -0.39 is 0 Å². The molecule has 2 aromatic rings. The van der Waals surface area contributed by atoms with Gasteiger partial charge in [0.1, 0.15) is 0 Å². The van der Waals surface area contributed by atoms with Crippen LogP contribution in [-0.4, -0.2) is 5.91 Å². The van der Waals surface area contributed by atoms with Gasteiger partial charge in [-0.25, -0.2) is 0 Å². The molecule has 0 unspecified atom stereocenters. The Balaban J connectivity index is 1.92. The molecule has 0 fully saturated rings. The lowest BCUT2D eigenvalue weighted by Gasteiger charge is -2.08. The Morgan fingerprint density at radius 3 is 2.45 bits per heavy atom. The topological polar surface area (TPSA) is 55.1 Å². The molecule has 0 radical (unpaired) electrons. The summed E-state index contributed by atoms with van der Waals surface area (Å²) in [5.41, 5.74) is 10.7. The lowest BCUT2D eigenvalue weighted by Crippen LogP contribution is -2.12. The number of aryl methyl sites for hydroxylation is 3. The third kappa shape index (κ3) is 4.12. The summed E-state index contributed by atoms with van der Waals surface area (Å²) in [6.07, 6.45) is 1.15. The standard InChI is InChI=1S/C17H20N2O/c1-12-8-13(2)10-16(9-12)19-17(20)7-6-14-4-3-5-15(18)11-14/h3-5,8-11H,6-7,18H2,1-2H3,(H,19,20). The predicted octanol–water partition coefficient (Wildman–Crippen LogP) is 3.46. The zero-order valence-corrected chi connectivity index (χ0v) is 11.9. The molecule has 1 amide bonds. The van der Waals surface area contributed by atoms with E-state index in [9.17, 15) is 4.79 Å². The van der Waals surface area contributed by atoms with Crippen molar-refractivity contribution in [2.45, 2.75) is 26.7 Å². The Hall–Kier alpha value is -2.29. The van der Waals surface area contributed by atoms with Gasteiger partial charge in [-0.15, -0.1) is 0 Å². The van der Waals surface area contributed by atoms with E-state index in [1.54, 1.807) is 0 Å². The van der Waals surface area contributed by atoms with Crippen LogP contribution in [0.3, 0.4) is 0 Å². The van der Waals surface area contributed by atoms with Crippen molar-refractivity contribution < 1.29 is 4.79 Å². The number of amides is 1. The molecule has 0 saturated heterocycles. The van der Waals surface area contributed by atoms with Crippen molar-refractivity contribution in [1.29, 1.82) is 0 Å². The molecule has 2 rings (SSSR count). The molecule has 0 aliphatic rings. The molecule has 20 heavy (non-hydrogen) atoms. The Labute approximate surface area is 119 Å². The van der Waals surface area contributed by atoms with Crippen LogP contribution in [0.5, 0.6) is 0 Å². The average Bonchev–Trinajstić information content (AvgIpc) is 2.35. The fraction of sp³-hybridized carbons (Fsp3) is 0.235. The minimum Gasteiger partial charge on any atom is -0.399 e. The number of rotatable bonds is 4. The van der Waals surface area contributed by atoms with Gasteiger partial charge in [0.05, 0.1) is 0 Å². The van der Waals surface area contributed by atoms with Crippen molar-refractivity contribution in [3.63, 3.8) is 0 Å². The molecule has 0 aliphatic carbocycles. The second kappa shape index (κ2) is 6.24. The normalized spacial score (nSPS) is 10.3. The van der Waals surface area contributed by atoms with Crippen molar-refractivity contribution in [3.05, 3.63) is 59.2 Å². The van der Waals surface area contributed by atoms with Gasteiger partial charge in [0.2, 0.25) is 5.91 Å². The van der Waals surface area contributed by atoms with Crippen molar-refractivity contribution >= 4 is 17.3 Å². The minimum atomic E-state index is 0.0254. The zero-order chi connectivity index (χ0) is 14.5. The number of benzene rings is 2. The number of carbonyl (C=O) groups is 1.